The molecule has 0 aliphatic carbocycles. The first-order valence-corrected chi connectivity index (χ1v) is 6.40. The number of methoxy groups -OCH3 is 1. The van der Waals surface area contributed by atoms with E-state index in [2.05, 4.69) is 9.47 Å². The average molecular weight is 388 g/mol. The Bertz CT molecular complexity index is 747. The molecule has 144 valence electrons. The molecule has 0 unspecified atom stereocenters. The second kappa shape index (κ2) is 7.49. The van der Waals surface area contributed by atoms with Crippen molar-refractivity contribution in [2.45, 2.75) is 12.5 Å². The van der Waals surface area contributed by atoms with Crippen molar-refractivity contribution < 1.29 is 50.2 Å². The number of carbonyl (C=O) groups excluding carboxylic acids is 3. The van der Waals surface area contributed by atoms with Crippen molar-refractivity contribution in [3.8, 4) is 0 Å². The lowest BCUT2D eigenvalue weighted by atomic mass is 10.3. The fourth-order valence-corrected chi connectivity index (χ4v) is 1.63. The van der Waals surface area contributed by atoms with Gasteiger partial charge in [0.05, 0.1) is 7.11 Å². The third kappa shape index (κ3) is 5.53. The Kier molecular flexibility index (Phi) is 6.07. The number of hydrogen-bond donors (Lipinski definition) is 1. The van der Waals surface area contributed by atoms with Gasteiger partial charge in [-0.25, -0.2) is 9.59 Å². The van der Waals surface area contributed by atoms with Gasteiger partial charge in [-0.3, -0.25) is 4.79 Å². The molecule has 26 heavy (non-hydrogen) atoms. The van der Waals surface area contributed by atoms with E-state index in [0.29, 0.717) is 6.08 Å². The minimum Gasteiger partial charge on any atom is -0.464 e. The van der Waals surface area contributed by atoms with Gasteiger partial charge in [0.25, 0.3) is 0 Å². The molecule has 0 spiro atoms. The summed E-state index contributed by atoms with van der Waals surface area (Å²) in [5.74, 6) is -5.61. The molecule has 1 amide bonds. The van der Waals surface area contributed by atoms with E-state index in [4.69, 9.17) is 0 Å². The monoisotopic (exact) mass is 388 g/mol. The number of hydrogen-bond acceptors (Lipinski definition) is 5. The summed E-state index contributed by atoms with van der Waals surface area (Å²) in [5.41, 5.74) is -1.76. The van der Waals surface area contributed by atoms with Crippen LogP contribution in [0.2, 0.25) is 0 Å². The van der Waals surface area contributed by atoms with Crippen molar-refractivity contribution in [1.29, 1.82) is 0 Å². The minimum absolute atomic E-state index is 0.193. The van der Waals surface area contributed by atoms with Gasteiger partial charge in [0.15, 0.2) is 0 Å². The lowest BCUT2D eigenvalue weighted by molar-refractivity contribution is -0.292. The predicted molar refractivity (Wildman–Crippen MR) is 71.1 cm³/mol. The first-order chi connectivity index (χ1) is 11.8. The summed E-state index contributed by atoms with van der Waals surface area (Å²) in [6.45, 7) is 0. The maximum atomic E-state index is 12.3. The van der Waals surface area contributed by atoms with E-state index in [0.717, 1.165) is 30.9 Å². The number of alkyl halides is 6. The third-order valence-corrected chi connectivity index (χ3v) is 2.78. The van der Waals surface area contributed by atoms with Crippen LogP contribution in [0.1, 0.15) is 16.2 Å². The van der Waals surface area contributed by atoms with Crippen molar-refractivity contribution >= 4 is 23.9 Å². The maximum absolute atomic E-state index is 12.3. The van der Waals surface area contributed by atoms with E-state index in [9.17, 15) is 40.7 Å². The molecule has 0 saturated carbocycles. The van der Waals surface area contributed by atoms with Crippen LogP contribution in [-0.2, 0) is 26.1 Å². The minimum atomic E-state index is -5.30. The standard InChI is InChI=1S/C13H10F6N2O5/c1-21-6(3-4-8(21)10(23)26-13(17,18)19)5-7(9(22)25-2)20-11(24)12(14,15)16/h3-5H,1-2H3,(H,20,24)/b7-5-. The second-order valence-electron chi connectivity index (χ2n) is 4.54. The lowest BCUT2D eigenvalue weighted by Crippen LogP contribution is -2.38. The van der Waals surface area contributed by atoms with E-state index in [1.807, 2.05) is 0 Å². The molecular weight excluding hydrogens is 378 g/mol. The highest BCUT2D eigenvalue weighted by Gasteiger charge is 2.40. The summed E-state index contributed by atoms with van der Waals surface area (Å²) < 4.78 is 81.3. The van der Waals surface area contributed by atoms with Crippen LogP contribution in [0.5, 0.6) is 0 Å². The van der Waals surface area contributed by atoms with Crippen LogP contribution in [0.15, 0.2) is 17.8 Å². The number of carbonyl (C=O) groups is 3. The Hall–Kier alpha value is -2.99. The topological polar surface area (TPSA) is 86.6 Å². The Balaban J connectivity index is 3.20. The van der Waals surface area contributed by atoms with Gasteiger partial charge in [0.2, 0.25) is 0 Å². The zero-order chi connectivity index (χ0) is 20.3. The number of nitrogens with zero attached hydrogens (tertiary/aromatic N) is 1. The molecular formula is C13H10F6N2O5. The van der Waals surface area contributed by atoms with Crippen LogP contribution < -0.4 is 5.32 Å². The largest absolute Gasteiger partial charge is 0.575 e. The molecule has 0 saturated heterocycles. The SMILES string of the molecule is COC(=O)/C(=C/c1ccc(C(=O)OC(F)(F)F)n1C)NC(=O)C(F)(F)F. The van der Waals surface area contributed by atoms with Gasteiger partial charge < -0.3 is 19.4 Å². The molecule has 0 aliphatic heterocycles. The molecule has 0 atom stereocenters. The maximum Gasteiger partial charge on any atom is 0.575 e. The van der Waals surface area contributed by atoms with Crippen molar-refractivity contribution in [2.75, 3.05) is 7.11 Å². The van der Waals surface area contributed by atoms with Gasteiger partial charge >= 0.3 is 30.4 Å². The molecule has 0 bridgehead atoms. The predicted octanol–water partition coefficient (Wildman–Crippen LogP) is 1.89. The Labute approximate surface area is 141 Å². The van der Waals surface area contributed by atoms with Crippen molar-refractivity contribution in [3.05, 3.63) is 29.2 Å². The number of nitrogens with one attached hydrogen (secondary N) is 1. The van der Waals surface area contributed by atoms with Crippen molar-refractivity contribution in [1.82, 2.24) is 9.88 Å². The molecule has 0 fully saturated rings. The van der Waals surface area contributed by atoms with E-state index in [-0.39, 0.29) is 5.69 Å². The highest BCUT2D eigenvalue weighted by Crippen LogP contribution is 2.21. The number of amides is 1. The number of ether oxygens (including phenoxy) is 2. The summed E-state index contributed by atoms with van der Waals surface area (Å²) in [6, 6.07) is 1.88. The van der Waals surface area contributed by atoms with Crippen LogP contribution in [0.25, 0.3) is 6.08 Å². The zero-order valence-corrected chi connectivity index (χ0v) is 13.0. The first kappa shape index (κ1) is 21.1. The molecule has 0 radical (unpaired) electrons. The molecule has 1 aromatic heterocycles. The van der Waals surface area contributed by atoms with Crippen molar-refractivity contribution in [3.63, 3.8) is 0 Å². The quantitative estimate of drug-likeness (QED) is 0.484. The Morgan fingerprint density at radius 3 is 2.15 bits per heavy atom. The van der Waals surface area contributed by atoms with Crippen LogP contribution in [-0.4, -0.2) is 42.1 Å². The lowest BCUT2D eigenvalue weighted by Gasteiger charge is -2.11. The Morgan fingerprint density at radius 1 is 1.12 bits per heavy atom. The molecule has 0 aromatic carbocycles. The molecule has 7 nitrogen and oxygen atoms in total. The van der Waals surface area contributed by atoms with Gasteiger partial charge in [-0.1, -0.05) is 0 Å². The highest BCUT2D eigenvalue weighted by molar-refractivity contribution is 5.99. The van der Waals surface area contributed by atoms with Crippen LogP contribution in [0.4, 0.5) is 26.3 Å². The molecule has 1 heterocycles. The van der Waals surface area contributed by atoms with Crippen LogP contribution in [0, 0.1) is 0 Å². The second-order valence-corrected chi connectivity index (χ2v) is 4.54. The molecule has 1 rings (SSSR count). The van der Waals surface area contributed by atoms with Crippen molar-refractivity contribution in [2.24, 2.45) is 7.05 Å². The number of aromatic nitrogens is 1. The summed E-state index contributed by atoms with van der Waals surface area (Å²) >= 11 is 0. The molecule has 13 heteroatoms. The van der Waals surface area contributed by atoms with E-state index in [1.165, 1.54) is 5.32 Å². The highest BCUT2D eigenvalue weighted by atomic mass is 19.4. The van der Waals surface area contributed by atoms with E-state index < -0.39 is 41.8 Å². The van der Waals surface area contributed by atoms with Crippen LogP contribution >= 0.6 is 0 Å². The average Bonchev–Trinajstić information content (AvgIpc) is 2.84. The number of esters is 2. The normalized spacial score (nSPS) is 12.5. The fraction of sp³-hybridized carbons (Fsp3) is 0.308. The molecule has 1 N–H and O–H groups in total. The fourth-order valence-electron chi connectivity index (χ4n) is 1.63. The summed E-state index contributed by atoms with van der Waals surface area (Å²) in [7, 11) is 1.91. The first-order valence-electron chi connectivity index (χ1n) is 6.40. The van der Waals surface area contributed by atoms with Gasteiger partial charge in [-0.15, -0.1) is 13.2 Å². The zero-order valence-electron chi connectivity index (χ0n) is 13.0. The van der Waals surface area contributed by atoms with Gasteiger partial charge in [-0.05, 0) is 18.2 Å². The number of rotatable bonds is 4. The van der Waals surface area contributed by atoms with Gasteiger partial charge in [0, 0.05) is 12.7 Å². The van der Waals surface area contributed by atoms with Gasteiger partial charge in [-0.2, -0.15) is 13.2 Å². The van der Waals surface area contributed by atoms with Crippen LogP contribution in [0.3, 0.4) is 0 Å². The summed E-state index contributed by atoms with van der Waals surface area (Å²) in [4.78, 5) is 33.8. The smallest absolute Gasteiger partial charge is 0.464 e. The Morgan fingerprint density at radius 2 is 1.69 bits per heavy atom. The van der Waals surface area contributed by atoms with Gasteiger partial charge in [0.1, 0.15) is 11.4 Å². The number of halogens is 6. The summed E-state index contributed by atoms with van der Waals surface area (Å²) in [6.07, 6.45) is -9.86. The van der Waals surface area contributed by atoms with E-state index in [1.54, 1.807) is 0 Å². The third-order valence-electron chi connectivity index (χ3n) is 2.78. The summed E-state index contributed by atoms with van der Waals surface area (Å²) in [5, 5.41) is 1.27. The van der Waals surface area contributed by atoms with E-state index >= 15 is 0 Å². The molecule has 1 aromatic rings. The molecule has 0 aliphatic rings.